The number of hydrogen-bond donors (Lipinski definition) is 2. The summed E-state index contributed by atoms with van der Waals surface area (Å²) in [5, 5.41) is 9.09. The van der Waals surface area contributed by atoms with Crippen LogP contribution in [-0.2, 0) is 39.7 Å². The van der Waals surface area contributed by atoms with Gasteiger partial charge in [0.15, 0.2) is 0 Å². The first-order chi connectivity index (χ1) is 14.7. The number of benzene rings is 1. The molecule has 1 saturated heterocycles. The first-order valence-corrected chi connectivity index (χ1v) is 12.0. The molecule has 2 heterocycles. The highest BCUT2D eigenvalue weighted by molar-refractivity contribution is 7.82. The second-order valence-electron chi connectivity index (χ2n) is 8.68. The second kappa shape index (κ2) is 9.17. The summed E-state index contributed by atoms with van der Waals surface area (Å²) in [6.07, 6.45) is 0.198. The van der Waals surface area contributed by atoms with Crippen LogP contribution >= 0.6 is 0 Å². The van der Waals surface area contributed by atoms with Gasteiger partial charge in [-0.1, -0.05) is 0 Å². The highest BCUT2D eigenvalue weighted by Crippen LogP contribution is 2.36. The number of nitrogens with one attached hydrogen (secondary N) is 1. The minimum absolute atomic E-state index is 0.00485. The number of rotatable bonds is 4. The quantitative estimate of drug-likeness (QED) is 0.725. The Labute approximate surface area is 182 Å². The van der Waals surface area contributed by atoms with Crippen LogP contribution in [0, 0.1) is 5.92 Å². The van der Waals surface area contributed by atoms with Crippen LogP contribution in [0.2, 0.25) is 0 Å². The molecule has 10 heteroatoms. The topological polar surface area (TPSA) is 84.7 Å². The molecule has 0 bridgehead atoms. The Morgan fingerprint density at radius 3 is 2.58 bits per heavy atom. The zero-order valence-electron chi connectivity index (χ0n) is 17.2. The number of alkyl halides is 3. The summed E-state index contributed by atoms with van der Waals surface area (Å²) in [4.78, 5) is 14.8. The van der Waals surface area contributed by atoms with Crippen molar-refractivity contribution >= 4 is 16.9 Å². The predicted octanol–water partition coefficient (Wildman–Crippen LogP) is 2.51. The molecule has 31 heavy (non-hydrogen) atoms. The van der Waals surface area contributed by atoms with Crippen molar-refractivity contribution in [2.75, 3.05) is 19.8 Å². The summed E-state index contributed by atoms with van der Waals surface area (Å²) in [6, 6.07) is 2.65. The SMILES string of the molecule is NS(=O)c1cc(C(F)(F)F)cc2c1CCN(C(=O)[C@H]1CCC(NC3CCOCC3)C1)C2. The zero-order valence-corrected chi connectivity index (χ0v) is 18.1. The Morgan fingerprint density at radius 1 is 1.16 bits per heavy atom. The summed E-state index contributed by atoms with van der Waals surface area (Å²) in [7, 11) is -2.02. The van der Waals surface area contributed by atoms with Gasteiger partial charge < -0.3 is 15.0 Å². The first kappa shape index (κ1) is 22.7. The number of halogens is 3. The molecule has 1 saturated carbocycles. The van der Waals surface area contributed by atoms with Gasteiger partial charge in [-0.25, -0.2) is 9.35 Å². The summed E-state index contributed by atoms with van der Waals surface area (Å²) < 4.78 is 57.1. The molecule has 2 aliphatic heterocycles. The van der Waals surface area contributed by atoms with Gasteiger partial charge in [0.25, 0.3) is 0 Å². The van der Waals surface area contributed by atoms with Gasteiger partial charge in [0.2, 0.25) is 5.91 Å². The van der Waals surface area contributed by atoms with Crippen LogP contribution in [0.3, 0.4) is 0 Å². The maximum atomic E-state index is 13.3. The lowest BCUT2D eigenvalue weighted by Crippen LogP contribution is -2.42. The second-order valence-corrected chi connectivity index (χ2v) is 9.71. The molecule has 3 aliphatic rings. The number of amides is 1. The number of nitrogens with zero attached hydrogens (tertiary/aromatic N) is 1. The number of fused-ring (bicyclic) bond motifs is 1. The third-order valence-corrected chi connectivity index (χ3v) is 7.42. The van der Waals surface area contributed by atoms with Gasteiger partial charge in [-0.2, -0.15) is 13.2 Å². The maximum absolute atomic E-state index is 13.3. The minimum atomic E-state index is -4.57. The maximum Gasteiger partial charge on any atom is 0.416 e. The van der Waals surface area contributed by atoms with E-state index in [4.69, 9.17) is 9.88 Å². The van der Waals surface area contributed by atoms with Crippen molar-refractivity contribution in [3.8, 4) is 0 Å². The van der Waals surface area contributed by atoms with Crippen LogP contribution in [0.5, 0.6) is 0 Å². The fraction of sp³-hybridized carbons (Fsp3) is 0.667. The van der Waals surface area contributed by atoms with E-state index in [9.17, 15) is 22.2 Å². The summed E-state index contributed by atoms with van der Waals surface area (Å²) in [5.41, 5.74) is 0.0809. The average Bonchev–Trinajstić information content (AvgIpc) is 3.20. The van der Waals surface area contributed by atoms with Crippen molar-refractivity contribution in [2.24, 2.45) is 11.1 Å². The lowest BCUT2D eigenvalue weighted by atomic mass is 9.95. The first-order valence-electron chi connectivity index (χ1n) is 10.7. The van der Waals surface area contributed by atoms with Crippen molar-refractivity contribution in [1.82, 2.24) is 10.2 Å². The molecule has 6 nitrogen and oxygen atoms in total. The van der Waals surface area contributed by atoms with Gasteiger partial charge in [0.05, 0.1) is 10.5 Å². The highest BCUT2D eigenvalue weighted by Gasteiger charge is 2.37. The van der Waals surface area contributed by atoms with Gasteiger partial charge in [0.1, 0.15) is 11.0 Å². The number of nitrogens with two attached hydrogens (primary N) is 1. The Hall–Kier alpha value is -1.49. The van der Waals surface area contributed by atoms with Crippen molar-refractivity contribution in [2.45, 2.75) is 68.2 Å². The van der Waals surface area contributed by atoms with E-state index in [0.717, 1.165) is 57.5 Å². The van der Waals surface area contributed by atoms with Crippen LogP contribution in [-0.4, -0.2) is 46.9 Å². The smallest absolute Gasteiger partial charge is 0.381 e. The van der Waals surface area contributed by atoms with Crippen LogP contribution in [0.15, 0.2) is 17.0 Å². The van der Waals surface area contributed by atoms with Crippen LogP contribution in [0.4, 0.5) is 13.2 Å². The fourth-order valence-corrected chi connectivity index (χ4v) is 5.72. The standard InChI is InChI=1S/C21H28F3N3O3S/c22-21(23,24)15-9-14-12-27(6-3-18(14)19(11-15)31(25)29)20(28)13-1-2-17(10-13)26-16-4-7-30-8-5-16/h9,11,13,16-17,26H,1-8,10,12,25H2/t13-,17?,31?/m0/s1. The van der Waals surface area contributed by atoms with Gasteiger partial charge in [0, 0.05) is 44.3 Å². The van der Waals surface area contributed by atoms with E-state index in [0.29, 0.717) is 30.1 Å². The van der Waals surface area contributed by atoms with Crippen LogP contribution in [0.25, 0.3) is 0 Å². The molecule has 1 aliphatic carbocycles. The molecule has 0 radical (unpaired) electrons. The zero-order chi connectivity index (χ0) is 22.2. The van der Waals surface area contributed by atoms with Crippen LogP contribution < -0.4 is 10.5 Å². The Balaban J connectivity index is 1.44. The molecular formula is C21H28F3N3O3S. The van der Waals surface area contributed by atoms with E-state index < -0.39 is 22.7 Å². The molecule has 0 aromatic heterocycles. The third-order valence-electron chi connectivity index (χ3n) is 6.62. The molecule has 0 spiro atoms. The van der Waals surface area contributed by atoms with E-state index >= 15 is 0 Å². The minimum Gasteiger partial charge on any atom is -0.381 e. The van der Waals surface area contributed by atoms with E-state index in [1.165, 1.54) is 0 Å². The molecule has 1 aromatic carbocycles. The van der Waals surface area contributed by atoms with E-state index in [1.807, 2.05) is 0 Å². The Morgan fingerprint density at radius 2 is 1.90 bits per heavy atom. The molecule has 4 rings (SSSR count). The molecule has 1 aromatic rings. The van der Waals surface area contributed by atoms with Crippen LogP contribution in [0.1, 0.15) is 48.8 Å². The van der Waals surface area contributed by atoms with Gasteiger partial charge in [-0.3, -0.25) is 4.79 Å². The van der Waals surface area contributed by atoms with Crippen molar-refractivity contribution in [3.63, 3.8) is 0 Å². The van der Waals surface area contributed by atoms with E-state index in [1.54, 1.807) is 4.90 Å². The van der Waals surface area contributed by atoms with Gasteiger partial charge in [-0.15, -0.1) is 0 Å². The fourth-order valence-electron chi connectivity index (χ4n) is 5.00. The normalized spacial score (nSPS) is 26.0. The predicted molar refractivity (Wildman–Crippen MR) is 109 cm³/mol. The number of hydrogen-bond acceptors (Lipinski definition) is 4. The summed E-state index contributed by atoms with van der Waals surface area (Å²) >= 11 is 0. The molecule has 172 valence electrons. The Kier molecular flexibility index (Phi) is 6.71. The number of carbonyl (C=O) groups is 1. The largest absolute Gasteiger partial charge is 0.416 e. The van der Waals surface area contributed by atoms with E-state index in [-0.39, 0.29) is 29.3 Å². The van der Waals surface area contributed by atoms with Crippen molar-refractivity contribution in [3.05, 3.63) is 28.8 Å². The molecule has 2 unspecified atom stereocenters. The van der Waals surface area contributed by atoms with Gasteiger partial charge >= 0.3 is 6.18 Å². The molecule has 3 N–H and O–H groups in total. The van der Waals surface area contributed by atoms with E-state index in [2.05, 4.69) is 5.32 Å². The number of ether oxygens (including phenoxy) is 1. The molecule has 3 atom stereocenters. The monoisotopic (exact) mass is 459 g/mol. The number of carbonyl (C=O) groups excluding carboxylic acids is 1. The lowest BCUT2D eigenvalue weighted by Gasteiger charge is -2.32. The van der Waals surface area contributed by atoms with Gasteiger partial charge in [-0.05, 0) is 61.8 Å². The summed E-state index contributed by atoms with van der Waals surface area (Å²) in [6.45, 7) is 2.01. The molecule has 2 fully saturated rings. The van der Waals surface area contributed by atoms with Crippen molar-refractivity contribution < 1.29 is 26.9 Å². The lowest BCUT2D eigenvalue weighted by molar-refractivity contribution is -0.137. The molecular weight excluding hydrogens is 431 g/mol. The summed E-state index contributed by atoms with van der Waals surface area (Å²) in [5.74, 6) is -0.123. The third kappa shape index (κ3) is 5.13. The Bertz CT molecular complexity index is 858. The molecule has 1 amide bonds. The van der Waals surface area contributed by atoms with Crippen molar-refractivity contribution in [1.29, 1.82) is 0 Å². The highest BCUT2D eigenvalue weighted by atomic mass is 32.2. The average molecular weight is 460 g/mol.